The van der Waals surface area contributed by atoms with Crippen molar-refractivity contribution in [3.8, 4) is 5.75 Å². The van der Waals surface area contributed by atoms with Crippen LogP contribution in [0.15, 0.2) is 83.8 Å². The van der Waals surface area contributed by atoms with Crippen LogP contribution in [0.2, 0.25) is 0 Å². The molecule has 154 valence electrons. The molecule has 0 bridgehead atoms. The van der Waals surface area contributed by atoms with Gasteiger partial charge in [-0.25, -0.2) is 0 Å². The summed E-state index contributed by atoms with van der Waals surface area (Å²) in [7, 11) is 0. The topological polar surface area (TPSA) is 72.7 Å². The monoisotopic (exact) mass is 448 g/mol. The average molecular weight is 449 g/mol. The molecule has 0 radical (unpaired) electrons. The van der Waals surface area contributed by atoms with Crippen LogP contribution in [0.3, 0.4) is 0 Å². The summed E-state index contributed by atoms with van der Waals surface area (Å²) < 4.78 is 6.34. The highest BCUT2D eigenvalue weighted by atomic mass is 32.2. The minimum Gasteiger partial charge on any atom is -0.488 e. The van der Waals surface area contributed by atoms with Crippen molar-refractivity contribution in [2.45, 2.75) is 6.61 Å². The fourth-order valence-electron chi connectivity index (χ4n) is 3.11. The molecule has 0 spiro atoms. The zero-order chi connectivity index (χ0) is 21.8. The van der Waals surface area contributed by atoms with Crippen LogP contribution < -0.4 is 9.64 Å². The van der Waals surface area contributed by atoms with Crippen molar-refractivity contribution in [1.29, 1.82) is 0 Å². The van der Waals surface area contributed by atoms with Crippen molar-refractivity contribution in [2.75, 3.05) is 4.90 Å². The smallest absolute Gasteiger partial charge is 0.276 e. The van der Waals surface area contributed by atoms with Gasteiger partial charge in [0.25, 0.3) is 11.6 Å². The lowest BCUT2D eigenvalue weighted by atomic mass is 10.1. The molecule has 1 fully saturated rings. The first-order chi connectivity index (χ1) is 15.0. The number of ether oxygens (including phenoxy) is 1. The van der Waals surface area contributed by atoms with Crippen LogP contribution in [0, 0.1) is 10.1 Å². The molecule has 4 rings (SSSR count). The van der Waals surface area contributed by atoms with E-state index in [4.69, 9.17) is 17.0 Å². The molecule has 0 saturated carbocycles. The maximum Gasteiger partial charge on any atom is 0.276 e. The van der Waals surface area contributed by atoms with Gasteiger partial charge in [-0.2, -0.15) is 0 Å². The molecule has 6 nitrogen and oxygen atoms in total. The summed E-state index contributed by atoms with van der Waals surface area (Å²) in [6.07, 6.45) is 1.73. The Labute approximate surface area is 188 Å². The zero-order valence-electron chi connectivity index (χ0n) is 16.1. The normalized spacial score (nSPS) is 14.8. The Bertz CT molecular complexity index is 1190. The standard InChI is InChI=1S/C23H16N2O4S2/c26-22-21(31-23(30)24(22)18-10-2-1-3-11-18)14-16-8-5-7-13-20(16)29-15-17-9-4-6-12-19(17)25(27)28/h1-14H,15H2/b21-14-. The van der Waals surface area contributed by atoms with E-state index in [0.717, 1.165) is 0 Å². The summed E-state index contributed by atoms with van der Waals surface area (Å²) in [5, 5.41) is 11.2. The molecule has 0 N–H and O–H groups in total. The molecular formula is C23H16N2O4S2. The first-order valence-corrected chi connectivity index (χ1v) is 10.5. The molecule has 3 aromatic rings. The van der Waals surface area contributed by atoms with Crippen molar-refractivity contribution in [3.05, 3.63) is 105 Å². The minimum absolute atomic E-state index is 0.00344. The second-order valence-corrected chi connectivity index (χ2v) is 8.24. The van der Waals surface area contributed by atoms with Gasteiger partial charge in [-0.1, -0.05) is 72.5 Å². The summed E-state index contributed by atoms with van der Waals surface area (Å²) in [5.74, 6) is 0.320. The van der Waals surface area contributed by atoms with E-state index in [2.05, 4.69) is 0 Å². The third-order valence-electron chi connectivity index (χ3n) is 4.59. The van der Waals surface area contributed by atoms with Gasteiger partial charge in [0.1, 0.15) is 12.4 Å². The number of rotatable bonds is 6. The number of nitro benzene ring substituents is 1. The summed E-state index contributed by atoms with van der Waals surface area (Å²) in [5.41, 5.74) is 1.88. The highest BCUT2D eigenvalue weighted by Gasteiger charge is 2.33. The third-order valence-corrected chi connectivity index (χ3v) is 5.89. The molecule has 31 heavy (non-hydrogen) atoms. The van der Waals surface area contributed by atoms with E-state index in [1.165, 1.54) is 22.7 Å². The number of thioether (sulfide) groups is 1. The van der Waals surface area contributed by atoms with Crippen molar-refractivity contribution in [1.82, 2.24) is 0 Å². The maximum atomic E-state index is 13.0. The Morgan fingerprint density at radius 2 is 1.68 bits per heavy atom. The average Bonchev–Trinajstić information content (AvgIpc) is 3.06. The van der Waals surface area contributed by atoms with E-state index in [0.29, 0.717) is 31.8 Å². The number of benzene rings is 3. The number of nitrogens with zero attached hydrogens (tertiary/aromatic N) is 2. The highest BCUT2D eigenvalue weighted by Crippen LogP contribution is 2.37. The van der Waals surface area contributed by atoms with Gasteiger partial charge in [0, 0.05) is 11.6 Å². The summed E-state index contributed by atoms with van der Waals surface area (Å²) in [4.78, 5) is 25.7. The lowest BCUT2D eigenvalue weighted by Gasteiger charge is -2.14. The van der Waals surface area contributed by atoms with Gasteiger partial charge >= 0.3 is 0 Å². The van der Waals surface area contributed by atoms with Gasteiger partial charge in [0.2, 0.25) is 0 Å². The number of para-hydroxylation sites is 3. The van der Waals surface area contributed by atoms with Gasteiger partial charge < -0.3 is 4.74 Å². The van der Waals surface area contributed by atoms with Crippen LogP contribution in [-0.2, 0) is 11.4 Å². The van der Waals surface area contributed by atoms with Crippen LogP contribution in [0.4, 0.5) is 11.4 Å². The molecule has 0 aliphatic carbocycles. The minimum atomic E-state index is -0.431. The summed E-state index contributed by atoms with van der Waals surface area (Å²) >= 11 is 6.64. The highest BCUT2D eigenvalue weighted by molar-refractivity contribution is 8.27. The number of hydrogen-bond donors (Lipinski definition) is 0. The third kappa shape index (κ3) is 4.50. The van der Waals surface area contributed by atoms with Gasteiger partial charge in [-0.3, -0.25) is 19.8 Å². The van der Waals surface area contributed by atoms with Crippen LogP contribution >= 0.6 is 24.0 Å². The number of amides is 1. The molecule has 0 unspecified atom stereocenters. The summed E-state index contributed by atoms with van der Waals surface area (Å²) in [6, 6.07) is 22.9. The number of nitro groups is 1. The first-order valence-electron chi connectivity index (χ1n) is 9.32. The quantitative estimate of drug-likeness (QED) is 0.212. The molecular weight excluding hydrogens is 432 g/mol. The van der Waals surface area contributed by atoms with E-state index < -0.39 is 4.92 Å². The molecule has 0 aromatic heterocycles. The van der Waals surface area contributed by atoms with E-state index >= 15 is 0 Å². The van der Waals surface area contributed by atoms with E-state index in [1.54, 1.807) is 36.4 Å². The molecule has 1 aliphatic heterocycles. The number of anilines is 1. The van der Waals surface area contributed by atoms with Crippen LogP contribution in [0.5, 0.6) is 5.75 Å². The van der Waals surface area contributed by atoms with Crippen LogP contribution in [0.25, 0.3) is 6.08 Å². The Morgan fingerprint density at radius 1 is 1.00 bits per heavy atom. The van der Waals surface area contributed by atoms with Crippen molar-refractivity contribution in [3.63, 3.8) is 0 Å². The molecule has 0 atom stereocenters. The lowest BCUT2D eigenvalue weighted by Crippen LogP contribution is -2.27. The number of thiocarbonyl (C=S) groups is 1. The van der Waals surface area contributed by atoms with Crippen molar-refractivity contribution < 1.29 is 14.5 Å². The zero-order valence-corrected chi connectivity index (χ0v) is 17.8. The van der Waals surface area contributed by atoms with Gasteiger partial charge in [0.15, 0.2) is 4.32 Å². The molecule has 1 saturated heterocycles. The van der Waals surface area contributed by atoms with E-state index in [9.17, 15) is 14.9 Å². The van der Waals surface area contributed by atoms with Crippen molar-refractivity contribution in [2.24, 2.45) is 0 Å². The molecule has 8 heteroatoms. The van der Waals surface area contributed by atoms with E-state index in [1.807, 2.05) is 42.5 Å². The maximum absolute atomic E-state index is 13.0. The first kappa shape index (κ1) is 20.8. The second kappa shape index (κ2) is 9.11. The lowest BCUT2D eigenvalue weighted by molar-refractivity contribution is -0.385. The Hall–Kier alpha value is -3.49. The van der Waals surface area contributed by atoms with Crippen molar-refractivity contribution >= 4 is 51.7 Å². The molecule has 3 aromatic carbocycles. The SMILES string of the molecule is O=C1/C(=C/c2ccccc2OCc2ccccc2[N+](=O)[O-])SC(=S)N1c1ccccc1. The molecule has 1 heterocycles. The number of hydrogen-bond acceptors (Lipinski definition) is 6. The Kier molecular flexibility index (Phi) is 6.11. The summed E-state index contributed by atoms with van der Waals surface area (Å²) in [6.45, 7) is 0.0347. The van der Waals surface area contributed by atoms with Gasteiger partial charge in [-0.05, 0) is 30.3 Å². The predicted molar refractivity (Wildman–Crippen MR) is 126 cm³/mol. The predicted octanol–water partition coefficient (Wildman–Crippen LogP) is 5.58. The fourth-order valence-corrected chi connectivity index (χ4v) is 4.40. The van der Waals surface area contributed by atoms with Gasteiger partial charge in [0.05, 0.1) is 21.1 Å². The van der Waals surface area contributed by atoms with Gasteiger partial charge in [-0.15, -0.1) is 0 Å². The largest absolute Gasteiger partial charge is 0.488 e. The fraction of sp³-hybridized carbons (Fsp3) is 0.0435. The Morgan fingerprint density at radius 3 is 2.45 bits per heavy atom. The molecule has 1 amide bonds. The van der Waals surface area contributed by atoms with Crippen LogP contribution in [-0.4, -0.2) is 15.2 Å². The molecule has 1 aliphatic rings. The van der Waals surface area contributed by atoms with Crippen LogP contribution in [0.1, 0.15) is 11.1 Å². The van der Waals surface area contributed by atoms with E-state index in [-0.39, 0.29) is 18.2 Å². The second-order valence-electron chi connectivity index (χ2n) is 6.56. The number of carbonyl (C=O) groups is 1. The Balaban J connectivity index is 1.58. The number of carbonyl (C=O) groups excluding carboxylic acids is 1.